The molecule has 0 aliphatic rings. The molecule has 1 heterocycles. The summed E-state index contributed by atoms with van der Waals surface area (Å²) in [4.78, 5) is 11.8. The van der Waals surface area contributed by atoms with Crippen LogP contribution in [0.1, 0.15) is 0 Å². The molecule has 1 aromatic heterocycles. The van der Waals surface area contributed by atoms with Gasteiger partial charge in [-0.15, -0.1) is 0 Å². The highest BCUT2D eigenvalue weighted by atomic mass is 35.5. The number of hydrogen-bond donors (Lipinski definition) is 2. The van der Waals surface area contributed by atoms with Crippen molar-refractivity contribution in [3.63, 3.8) is 0 Å². The molecular weight excluding hydrogens is 256 g/mol. The lowest BCUT2D eigenvalue weighted by molar-refractivity contribution is 0.472. The highest BCUT2D eigenvalue weighted by Gasteiger charge is 2.13. The first-order chi connectivity index (χ1) is 8.58. The van der Waals surface area contributed by atoms with Gasteiger partial charge < -0.3 is 14.6 Å². The molecule has 0 amide bonds. The zero-order valence-corrected chi connectivity index (χ0v) is 9.73. The average molecular weight is 263 g/mol. The molecule has 0 spiro atoms. The van der Waals surface area contributed by atoms with Gasteiger partial charge in [-0.25, -0.2) is 4.79 Å². The van der Waals surface area contributed by atoms with Crippen molar-refractivity contribution in [3.05, 3.63) is 45.8 Å². The van der Waals surface area contributed by atoms with Gasteiger partial charge in [0.2, 0.25) is 0 Å². The van der Waals surface area contributed by atoms with Crippen molar-refractivity contribution in [1.82, 2.24) is 0 Å². The molecule has 5 heteroatoms. The standard InChI is InChI=1S/C13H7ClO4/c14-12-9(16)4-3-8-7-2-1-6(15)5-10(7)18-13(17)11(8)12/h1-5,15-16H. The largest absolute Gasteiger partial charge is 0.508 e. The summed E-state index contributed by atoms with van der Waals surface area (Å²) in [5.74, 6) is -0.163. The summed E-state index contributed by atoms with van der Waals surface area (Å²) in [6.45, 7) is 0. The summed E-state index contributed by atoms with van der Waals surface area (Å²) in [5, 5.41) is 20.2. The van der Waals surface area contributed by atoms with Crippen LogP contribution in [-0.4, -0.2) is 10.2 Å². The second kappa shape index (κ2) is 3.65. The van der Waals surface area contributed by atoms with Crippen LogP contribution < -0.4 is 5.63 Å². The number of benzene rings is 2. The number of halogens is 1. The summed E-state index contributed by atoms with van der Waals surface area (Å²) < 4.78 is 5.08. The van der Waals surface area contributed by atoms with Gasteiger partial charge in [0, 0.05) is 16.8 Å². The molecule has 90 valence electrons. The molecule has 0 aliphatic carbocycles. The van der Waals surface area contributed by atoms with Crippen molar-refractivity contribution < 1.29 is 14.6 Å². The maximum absolute atomic E-state index is 11.8. The summed E-state index contributed by atoms with van der Waals surface area (Å²) >= 11 is 5.90. The Morgan fingerprint density at radius 3 is 2.56 bits per heavy atom. The van der Waals surface area contributed by atoms with Gasteiger partial charge in [0.05, 0.1) is 10.4 Å². The third-order valence-corrected chi connectivity index (χ3v) is 3.17. The van der Waals surface area contributed by atoms with E-state index in [9.17, 15) is 15.0 Å². The van der Waals surface area contributed by atoms with Crippen LogP contribution in [0.3, 0.4) is 0 Å². The minimum absolute atomic E-state index is 0.00914. The van der Waals surface area contributed by atoms with E-state index in [-0.39, 0.29) is 27.5 Å². The summed E-state index contributed by atoms with van der Waals surface area (Å²) in [6, 6.07) is 7.48. The molecule has 0 radical (unpaired) electrons. The van der Waals surface area contributed by atoms with Crippen LogP contribution in [0.15, 0.2) is 39.5 Å². The minimum Gasteiger partial charge on any atom is -0.508 e. The van der Waals surface area contributed by atoms with Gasteiger partial charge in [-0.1, -0.05) is 11.6 Å². The van der Waals surface area contributed by atoms with E-state index in [1.54, 1.807) is 12.1 Å². The van der Waals surface area contributed by atoms with Crippen molar-refractivity contribution in [2.45, 2.75) is 0 Å². The number of phenols is 2. The van der Waals surface area contributed by atoms with Crippen molar-refractivity contribution in [2.24, 2.45) is 0 Å². The van der Waals surface area contributed by atoms with E-state index >= 15 is 0 Å². The van der Waals surface area contributed by atoms with Gasteiger partial charge in [0.15, 0.2) is 0 Å². The first-order valence-corrected chi connectivity index (χ1v) is 5.53. The van der Waals surface area contributed by atoms with Crippen molar-refractivity contribution in [2.75, 3.05) is 0 Å². The first-order valence-electron chi connectivity index (χ1n) is 5.15. The molecule has 2 N–H and O–H groups in total. The highest BCUT2D eigenvalue weighted by molar-refractivity contribution is 6.37. The third kappa shape index (κ3) is 1.43. The van der Waals surface area contributed by atoms with Crippen LogP contribution >= 0.6 is 11.6 Å². The second-order valence-electron chi connectivity index (χ2n) is 3.89. The van der Waals surface area contributed by atoms with Gasteiger partial charge in [0.1, 0.15) is 17.1 Å². The highest BCUT2D eigenvalue weighted by Crippen LogP contribution is 2.34. The lowest BCUT2D eigenvalue weighted by Crippen LogP contribution is -2.00. The van der Waals surface area contributed by atoms with Crippen LogP contribution in [0.2, 0.25) is 5.02 Å². The topological polar surface area (TPSA) is 70.7 Å². The SMILES string of the molecule is O=c1oc2cc(O)ccc2c2ccc(O)c(Cl)c12. The van der Waals surface area contributed by atoms with Crippen molar-refractivity contribution in [3.8, 4) is 11.5 Å². The van der Waals surface area contributed by atoms with Gasteiger partial charge in [-0.2, -0.15) is 0 Å². The molecule has 4 nitrogen and oxygen atoms in total. The molecule has 0 saturated heterocycles. The maximum atomic E-state index is 11.8. The van der Waals surface area contributed by atoms with Crippen molar-refractivity contribution in [1.29, 1.82) is 0 Å². The Labute approximate surface area is 106 Å². The predicted molar refractivity (Wildman–Crippen MR) is 68.3 cm³/mol. The molecule has 0 saturated carbocycles. The maximum Gasteiger partial charge on any atom is 0.345 e. The summed E-state index contributed by atoms with van der Waals surface area (Å²) in [6.07, 6.45) is 0. The Bertz CT molecular complexity index is 836. The van der Waals surface area contributed by atoms with E-state index in [1.807, 2.05) is 0 Å². The fourth-order valence-corrected chi connectivity index (χ4v) is 2.20. The molecule has 3 rings (SSSR count). The quantitative estimate of drug-likeness (QED) is 0.483. The van der Waals surface area contributed by atoms with Crippen LogP contribution in [-0.2, 0) is 0 Å². The fraction of sp³-hybridized carbons (Fsp3) is 0. The Hall–Kier alpha value is -2.20. The average Bonchev–Trinajstić information content (AvgIpc) is 2.32. The lowest BCUT2D eigenvalue weighted by Gasteiger charge is -2.05. The Balaban J connectivity index is 2.64. The third-order valence-electron chi connectivity index (χ3n) is 2.78. The smallest absolute Gasteiger partial charge is 0.345 e. The molecule has 0 unspecified atom stereocenters. The molecule has 0 aliphatic heterocycles. The second-order valence-corrected chi connectivity index (χ2v) is 4.27. The van der Waals surface area contributed by atoms with E-state index < -0.39 is 5.63 Å². The monoisotopic (exact) mass is 262 g/mol. The van der Waals surface area contributed by atoms with Gasteiger partial charge in [-0.3, -0.25) is 0 Å². The molecule has 3 aromatic rings. The lowest BCUT2D eigenvalue weighted by atomic mass is 10.1. The van der Waals surface area contributed by atoms with Crippen LogP contribution in [0.25, 0.3) is 21.7 Å². The summed E-state index contributed by atoms with van der Waals surface area (Å²) in [5.41, 5.74) is -0.377. The van der Waals surface area contributed by atoms with Crippen LogP contribution in [0, 0.1) is 0 Å². The number of aromatic hydroxyl groups is 2. The Morgan fingerprint density at radius 1 is 1.06 bits per heavy atom. The molecule has 0 bridgehead atoms. The molecule has 0 atom stereocenters. The van der Waals surface area contributed by atoms with E-state index in [0.29, 0.717) is 10.8 Å². The van der Waals surface area contributed by atoms with Gasteiger partial charge >= 0.3 is 5.63 Å². The number of phenolic OH excluding ortho intramolecular Hbond substituents is 2. The van der Waals surface area contributed by atoms with Crippen LogP contribution in [0.4, 0.5) is 0 Å². The number of fused-ring (bicyclic) bond motifs is 3. The predicted octanol–water partition coefficient (Wildman–Crippen LogP) is 3.01. The van der Waals surface area contributed by atoms with E-state index in [2.05, 4.69) is 0 Å². The fourth-order valence-electron chi connectivity index (χ4n) is 1.96. The van der Waals surface area contributed by atoms with E-state index in [1.165, 1.54) is 18.2 Å². The molecule has 2 aromatic carbocycles. The number of rotatable bonds is 0. The van der Waals surface area contributed by atoms with Gasteiger partial charge in [-0.05, 0) is 24.3 Å². The molecule has 18 heavy (non-hydrogen) atoms. The Morgan fingerprint density at radius 2 is 1.78 bits per heavy atom. The zero-order chi connectivity index (χ0) is 12.9. The Kier molecular flexibility index (Phi) is 2.21. The normalized spacial score (nSPS) is 11.2. The summed E-state index contributed by atoms with van der Waals surface area (Å²) in [7, 11) is 0. The van der Waals surface area contributed by atoms with Crippen molar-refractivity contribution >= 4 is 33.3 Å². The molecule has 0 fully saturated rings. The van der Waals surface area contributed by atoms with Gasteiger partial charge in [0.25, 0.3) is 0 Å². The molecular formula is C13H7ClO4. The first kappa shape index (κ1) is 10.9. The van der Waals surface area contributed by atoms with Crippen LogP contribution in [0.5, 0.6) is 11.5 Å². The van der Waals surface area contributed by atoms with E-state index in [0.717, 1.165) is 0 Å². The zero-order valence-electron chi connectivity index (χ0n) is 8.98. The van der Waals surface area contributed by atoms with E-state index in [4.69, 9.17) is 16.0 Å². The number of hydrogen-bond acceptors (Lipinski definition) is 4. The minimum atomic E-state index is -0.649.